The lowest BCUT2D eigenvalue weighted by molar-refractivity contribution is -0.385. The number of nitro groups is 1. The van der Waals surface area contributed by atoms with Crippen molar-refractivity contribution in [3.63, 3.8) is 0 Å². The van der Waals surface area contributed by atoms with E-state index in [2.05, 4.69) is 19.2 Å². The van der Waals surface area contributed by atoms with Crippen LogP contribution in [0.1, 0.15) is 38.7 Å². The van der Waals surface area contributed by atoms with Gasteiger partial charge in [-0.1, -0.05) is 32.8 Å². The molecule has 1 aliphatic carbocycles. The molecule has 1 N–H and O–H groups in total. The Morgan fingerprint density at radius 2 is 2.19 bits per heavy atom. The molecule has 0 bridgehead atoms. The average Bonchev–Trinajstić information content (AvgIpc) is 3.22. The van der Waals surface area contributed by atoms with E-state index < -0.39 is 0 Å². The second-order valence-electron chi connectivity index (χ2n) is 6.16. The van der Waals surface area contributed by atoms with Gasteiger partial charge in [0.05, 0.1) is 11.5 Å². The molecule has 0 atom stereocenters. The van der Waals surface area contributed by atoms with Crippen LogP contribution in [0.15, 0.2) is 18.2 Å². The lowest BCUT2D eigenvalue weighted by Crippen LogP contribution is -2.19. The van der Waals surface area contributed by atoms with Gasteiger partial charge in [-0.3, -0.25) is 10.1 Å². The zero-order valence-electron chi connectivity index (χ0n) is 12.8. The quantitative estimate of drug-likeness (QED) is 0.558. The summed E-state index contributed by atoms with van der Waals surface area (Å²) in [5.74, 6) is 1.74. The minimum absolute atomic E-state index is 0.0541. The Morgan fingerprint density at radius 3 is 2.81 bits per heavy atom. The standard InChI is InChI=1S/C16H24N2O3/c1-12(2)10-17-11-14-5-6-15(18(19)20)16(9-14)21-8-7-13-3-4-13/h5-6,9,12-13,17H,3-4,7-8,10-11H2,1-2H3. The zero-order chi connectivity index (χ0) is 15.2. The Hall–Kier alpha value is -1.62. The first-order valence-corrected chi connectivity index (χ1v) is 7.67. The minimum Gasteiger partial charge on any atom is -0.487 e. The summed E-state index contributed by atoms with van der Waals surface area (Å²) in [4.78, 5) is 10.7. The molecule has 0 aromatic heterocycles. The van der Waals surface area contributed by atoms with Gasteiger partial charge in [0.2, 0.25) is 0 Å². The second kappa shape index (κ2) is 7.41. The van der Waals surface area contributed by atoms with Crippen molar-refractivity contribution >= 4 is 5.69 Å². The summed E-state index contributed by atoms with van der Waals surface area (Å²) in [5.41, 5.74) is 1.07. The lowest BCUT2D eigenvalue weighted by atomic mass is 10.1. The highest BCUT2D eigenvalue weighted by Gasteiger charge is 2.22. The number of hydrogen-bond donors (Lipinski definition) is 1. The van der Waals surface area contributed by atoms with Gasteiger partial charge in [-0.05, 0) is 36.4 Å². The maximum absolute atomic E-state index is 11.1. The maximum Gasteiger partial charge on any atom is 0.310 e. The molecular formula is C16H24N2O3. The SMILES string of the molecule is CC(C)CNCc1ccc([N+](=O)[O-])c(OCCC2CC2)c1. The molecule has 1 aromatic carbocycles. The fraction of sp³-hybridized carbons (Fsp3) is 0.625. The van der Waals surface area contributed by atoms with E-state index in [-0.39, 0.29) is 10.6 Å². The number of rotatable bonds is 9. The molecular weight excluding hydrogens is 268 g/mol. The predicted molar refractivity (Wildman–Crippen MR) is 82.5 cm³/mol. The summed E-state index contributed by atoms with van der Waals surface area (Å²) in [6.45, 7) is 6.49. The van der Waals surface area contributed by atoms with Gasteiger partial charge in [0.1, 0.15) is 0 Å². The highest BCUT2D eigenvalue weighted by Crippen LogP contribution is 2.33. The van der Waals surface area contributed by atoms with Crippen LogP contribution in [0.4, 0.5) is 5.69 Å². The minimum atomic E-state index is -0.377. The zero-order valence-corrected chi connectivity index (χ0v) is 12.8. The van der Waals surface area contributed by atoms with Crippen LogP contribution in [0.5, 0.6) is 5.75 Å². The van der Waals surface area contributed by atoms with Gasteiger partial charge in [-0.2, -0.15) is 0 Å². The Bertz CT molecular complexity index is 484. The molecule has 0 radical (unpaired) electrons. The third-order valence-electron chi connectivity index (χ3n) is 3.58. The van der Waals surface area contributed by atoms with Crippen LogP contribution in [0.3, 0.4) is 0 Å². The topological polar surface area (TPSA) is 64.4 Å². The van der Waals surface area contributed by atoms with E-state index in [1.165, 1.54) is 12.8 Å². The number of ether oxygens (including phenoxy) is 1. The fourth-order valence-electron chi connectivity index (χ4n) is 2.18. The van der Waals surface area contributed by atoms with E-state index in [1.54, 1.807) is 18.2 Å². The molecule has 0 aliphatic heterocycles. The van der Waals surface area contributed by atoms with Crippen LogP contribution in [-0.4, -0.2) is 18.1 Å². The number of hydrogen-bond acceptors (Lipinski definition) is 4. The van der Waals surface area contributed by atoms with Gasteiger partial charge in [-0.25, -0.2) is 0 Å². The average molecular weight is 292 g/mol. The van der Waals surface area contributed by atoms with Crippen molar-refractivity contribution in [3.8, 4) is 5.75 Å². The van der Waals surface area contributed by atoms with E-state index >= 15 is 0 Å². The number of nitrogens with one attached hydrogen (secondary N) is 1. The summed E-state index contributed by atoms with van der Waals surface area (Å²) < 4.78 is 5.65. The predicted octanol–water partition coefficient (Wildman–Crippen LogP) is 3.52. The van der Waals surface area contributed by atoms with E-state index in [9.17, 15) is 10.1 Å². The molecule has 1 aliphatic rings. The van der Waals surface area contributed by atoms with Gasteiger partial charge in [0.25, 0.3) is 0 Å². The normalized spacial score (nSPS) is 14.4. The Labute approximate surface area is 125 Å². The molecule has 1 fully saturated rings. The number of benzene rings is 1. The molecule has 5 heteroatoms. The van der Waals surface area contributed by atoms with E-state index in [0.717, 1.165) is 24.4 Å². The summed E-state index contributed by atoms with van der Waals surface area (Å²) in [5, 5.41) is 14.4. The van der Waals surface area contributed by atoms with Gasteiger partial charge >= 0.3 is 5.69 Å². The first kappa shape index (κ1) is 15.8. The summed E-state index contributed by atoms with van der Waals surface area (Å²) >= 11 is 0. The van der Waals surface area contributed by atoms with Crippen molar-refractivity contribution < 1.29 is 9.66 Å². The number of nitrogens with zero attached hydrogens (tertiary/aromatic N) is 1. The van der Waals surface area contributed by atoms with Crippen LogP contribution in [0.25, 0.3) is 0 Å². The molecule has 1 aromatic rings. The van der Waals surface area contributed by atoms with Crippen molar-refractivity contribution in [2.24, 2.45) is 11.8 Å². The molecule has 0 spiro atoms. The Morgan fingerprint density at radius 1 is 1.43 bits per heavy atom. The molecule has 2 rings (SSSR count). The molecule has 116 valence electrons. The van der Waals surface area contributed by atoms with Crippen LogP contribution in [0, 0.1) is 22.0 Å². The van der Waals surface area contributed by atoms with Crippen LogP contribution < -0.4 is 10.1 Å². The van der Waals surface area contributed by atoms with E-state index in [4.69, 9.17) is 4.74 Å². The lowest BCUT2D eigenvalue weighted by Gasteiger charge is -2.10. The van der Waals surface area contributed by atoms with Crippen LogP contribution >= 0.6 is 0 Å². The smallest absolute Gasteiger partial charge is 0.310 e. The second-order valence-corrected chi connectivity index (χ2v) is 6.16. The van der Waals surface area contributed by atoms with Crippen LogP contribution in [-0.2, 0) is 6.54 Å². The van der Waals surface area contributed by atoms with Gasteiger partial charge < -0.3 is 10.1 Å². The van der Waals surface area contributed by atoms with Gasteiger partial charge in [0, 0.05) is 12.6 Å². The first-order valence-electron chi connectivity index (χ1n) is 7.67. The van der Waals surface area contributed by atoms with E-state index in [0.29, 0.717) is 24.8 Å². The van der Waals surface area contributed by atoms with Crippen molar-refractivity contribution in [2.45, 2.75) is 39.7 Å². The third kappa shape index (κ3) is 5.34. The van der Waals surface area contributed by atoms with E-state index in [1.807, 2.05) is 0 Å². The summed E-state index contributed by atoms with van der Waals surface area (Å²) in [6.07, 6.45) is 3.53. The highest BCUT2D eigenvalue weighted by atomic mass is 16.6. The Kier molecular flexibility index (Phi) is 5.56. The first-order chi connectivity index (χ1) is 10.1. The van der Waals surface area contributed by atoms with Gasteiger partial charge in [-0.15, -0.1) is 0 Å². The highest BCUT2D eigenvalue weighted by molar-refractivity contribution is 5.48. The monoisotopic (exact) mass is 292 g/mol. The van der Waals surface area contributed by atoms with Crippen molar-refractivity contribution in [1.82, 2.24) is 5.32 Å². The Balaban J connectivity index is 1.96. The summed E-state index contributed by atoms with van der Waals surface area (Å²) in [6, 6.07) is 5.12. The molecule has 5 nitrogen and oxygen atoms in total. The third-order valence-corrected chi connectivity index (χ3v) is 3.58. The molecule has 21 heavy (non-hydrogen) atoms. The maximum atomic E-state index is 11.1. The molecule has 1 saturated carbocycles. The molecule has 0 amide bonds. The number of nitro benzene ring substituents is 1. The molecule has 0 saturated heterocycles. The van der Waals surface area contributed by atoms with Crippen molar-refractivity contribution in [1.29, 1.82) is 0 Å². The van der Waals surface area contributed by atoms with Crippen molar-refractivity contribution in [3.05, 3.63) is 33.9 Å². The van der Waals surface area contributed by atoms with Crippen LogP contribution in [0.2, 0.25) is 0 Å². The molecule has 0 heterocycles. The van der Waals surface area contributed by atoms with Gasteiger partial charge in [0.15, 0.2) is 5.75 Å². The largest absolute Gasteiger partial charge is 0.487 e. The molecule has 0 unspecified atom stereocenters. The summed E-state index contributed by atoms with van der Waals surface area (Å²) in [7, 11) is 0. The van der Waals surface area contributed by atoms with Crippen molar-refractivity contribution in [2.75, 3.05) is 13.2 Å². The fourth-order valence-corrected chi connectivity index (χ4v) is 2.18.